The molecule has 1 atom stereocenters. The Kier molecular flexibility index (Phi) is 5.97. The molecule has 0 saturated heterocycles. The number of rotatable bonds is 8. The van der Waals surface area contributed by atoms with Crippen molar-refractivity contribution in [2.45, 2.75) is 13.0 Å². The van der Waals surface area contributed by atoms with E-state index in [4.69, 9.17) is 9.84 Å². The number of nitrogens with one attached hydrogen (secondary N) is 1. The van der Waals surface area contributed by atoms with Gasteiger partial charge in [0.05, 0.1) is 5.75 Å². The van der Waals surface area contributed by atoms with Crippen molar-refractivity contribution in [2.24, 2.45) is 0 Å². The molecule has 7 heteroatoms. The zero-order valence-electron chi connectivity index (χ0n) is 11.5. The van der Waals surface area contributed by atoms with Gasteiger partial charge in [-0.3, -0.25) is 0 Å². The Hall–Kier alpha value is -1.60. The van der Waals surface area contributed by atoms with Crippen LogP contribution in [0.1, 0.15) is 17.3 Å². The molecule has 0 aromatic heterocycles. The first kappa shape index (κ1) is 16.5. The van der Waals surface area contributed by atoms with Crippen LogP contribution in [0.15, 0.2) is 24.3 Å². The highest BCUT2D eigenvalue weighted by Crippen LogP contribution is 2.17. The van der Waals surface area contributed by atoms with Gasteiger partial charge in [-0.05, 0) is 19.1 Å². The maximum Gasteiger partial charge on any atom is 0.339 e. The lowest BCUT2D eigenvalue weighted by molar-refractivity contribution is 0.0692. The van der Waals surface area contributed by atoms with Gasteiger partial charge in [-0.25, -0.2) is 13.2 Å². The summed E-state index contributed by atoms with van der Waals surface area (Å²) < 4.78 is 27.5. The minimum absolute atomic E-state index is 0.0543. The van der Waals surface area contributed by atoms with E-state index in [1.54, 1.807) is 25.1 Å². The van der Waals surface area contributed by atoms with E-state index in [0.29, 0.717) is 12.3 Å². The first-order chi connectivity index (χ1) is 9.29. The summed E-state index contributed by atoms with van der Waals surface area (Å²) in [5.74, 6) is -0.685. The fourth-order valence-corrected chi connectivity index (χ4v) is 2.77. The van der Waals surface area contributed by atoms with Crippen molar-refractivity contribution < 1.29 is 23.1 Å². The maximum absolute atomic E-state index is 11.1. The fraction of sp³-hybridized carbons (Fsp3) is 0.462. The summed E-state index contributed by atoms with van der Waals surface area (Å²) >= 11 is 0. The monoisotopic (exact) mass is 301 g/mol. The highest BCUT2D eigenvalue weighted by atomic mass is 32.2. The van der Waals surface area contributed by atoms with Crippen molar-refractivity contribution in [3.8, 4) is 5.75 Å². The third kappa shape index (κ3) is 6.03. The molecule has 0 aliphatic rings. The van der Waals surface area contributed by atoms with Gasteiger partial charge in [0.15, 0.2) is 0 Å². The van der Waals surface area contributed by atoms with E-state index in [1.807, 2.05) is 0 Å². The number of benzene rings is 1. The molecule has 1 unspecified atom stereocenters. The summed E-state index contributed by atoms with van der Waals surface area (Å²) in [6.07, 6.45) is 1.19. The Morgan fingerprint density at radius 2 is 2.05 bits per heavy atom. The zero-order chi connectivity index (χ0) is 15.2. The van der Waals surface area contributed by atoms with Crippen LogP contribution in [0, 0.1) is 0 Å². The smallest absolute Gasteiger partial charge is 0.339 e. The minimum atomic E-state index is -3.01. The number of hydrogen-bond donors (Lipinski definition) is 2. The van der Waals surface area contributed by atoms with E-state index < -0.39 is 15.8 Å². The standard InChI is InChI=1S/C13H19NO5S/c1-10(9-20(2,17)18)14-7-8-19-12-6-4-3-5-11(12)13(15)16/h3-6,10,14H,7-9H2,1-2H3,(H,15,16). The second-order valence-corrected chi connectivity index (χ2v) is 6.78. The zero-order valence-corrected chi connectivity index (χ0v) is 12.3. The van der Waals surface area contributed by atoms with Gasteiger partial charge in [0.1, 0.15) is 27.8 Å². The number of hydrogen-bond acceptors (Lipinski definition) is 5. The summed E-state index contributed by atoms with van der Waals surface area (Å²) in [6.45, 7) is 2.47. The summed E-state index contributed by atoms with van der Waals surface area (Å²) in [4.78, 5) is 11.0. The molecule has 0 amide bonds. The van der Waals surface area contributed by atoms with Crippen LogP contribution in [0.4, 0.5) is 0 Å². The molecule has 112 valence electrons. The lowest BCUT2D eigenvalue weighted by Gasteiger charge is -2.13. The Labute approximate surface area is 118 Å². The highest BCUT2D eigenvalue weighted by molar-refractivity contribution is 7.90. The molecule has 1 aromatic rings. The molecule has 1 rings (SSSR count). The third-order valence-corrected chi connectivity index (χ3v) is 3.63. The number of aromatic carboxylic acids is 1. The van der Waals surface area contributed by atoms with E-state index in [2.05, 4.69) is 5.32 Å². The summed E-state index contributed by atoms with van der Waals surface area (Å²) in [7, 11) is -3.01. The molecular formula is C13H19NO5S. The number of carbonyl (C=O) groups is 1. The van der Waals surface area contributed by atoms with Gasteiger partial charge in [-0.1, -0.05) is 12.1 Å². The molecule has 0 aliphatic heterocycles. The minimum Gasteiger partial charge on any atom is -0.491 e. The molecule has 0 heterocycles. The average Bonchev–Trinajstić information content (AvgIpc) is 2.33. The molecule has 0 aliphatic carbocycles. The van der Waals surface area contributed by atoms with Crippen LogP contribution in [-0.2, 0) is 9.84 Å². The van der Waals surface area contributed by atoms with Crippen LogP contribution >= 0.6 is 0 Å². The Morgan fingerprint density at radius 3 is 2.65 bits per heavy atom. The largest absolute Gasteiger partial charge is 0.491 e. The maximum atomic E-state index is 11.1. The van der Waals surface area contributed by atoms with E-state index in [1.165, 1.54) is 12.3 Å². The molecule has 2 N–H and O–H groups in total. The SMILES string of the molecule is CC(CS(C)(=O)=O)NCCOc1ccccc1C(=O)O. The first-order valence-electron chi connectivity index (χ1n) is 6.16. The van der Waals surface area contributed by atoms with Gasteiger partial charge < -0.3 is 15.2 Å². The predicted molar refractivity (Wildman–Crippen MR) is 76.1 cm³/mol. The van der Waals surface area contributed by atoms with Gasteiger partial charge >= 0.3 is 5.97 Å². The van der Waals surface area contributed by atoms with Crippen molar-refractivity contribution >= 4 is 15.8 Å². The number of carboxylic acid groups (broad SMARTS) is 1. The lowest BCUT2D eigenvalue weighted by Crippen LogP contribution is -2.35. The summed E-state index contributed by atoms with van der Waals surface area (Å²) in [5, 5.41) is 12.0. The van der Waals surface area contributed by atoms with E-state index in [9.17, 15) is 13.2 Å². The number of sulfone groups is 1. The molecular weight excluding hydrogens is 282 g/mol. The van der Waals surface area contributed by atoms with Crippen LogP contribution in [0.5, 0.6) is 5.75 Å². The topological polar surface area (TPSA) is 92.7 Å². The Balaban J connectivity index is 2.40. The Bertz CT molecular complexity index is 556. The molecule has 0 radical (unpaired) electrons. The number of ether oxygens (including phenoxy) is 1. The van der Waals surface area contributed by atoms with Gasteiger partial charge in [0, 0.05) is 18.8 Å². The molecule has 0 fully saturated rings. The quantitative estimate of drug-likeness (QED) is 0.690. The van der Waals surface area contributed by atoms with E-state index in [-0.39, 0.29) is 24.0 Å². The van der Waals surface area contributed by atoms with Gasteiger partial charge in [-0.2, -0.15) is 0 Å². The molecule has 6 nitrogen and oxygen atoms in total. The number of carboxylic acids is 1. The fourth-order valence-electron chi connectivity index (χ4n) is 1.75. The summed E-state index contributed by atoms with van der Waals surface area (Å²) in [6, 6.07) is 6.20. The van der Waals surface area contributed by atoms with Crippen molar-refractivity contribution in [3.05, 3.63) is 29.8 Å². The number of para-hydroxylation sites is 1. The third-order valence-electron chi connectivity index (χ3n) is 2.52. The summed E-state index contributed by atoms with van der Waals surface area (Å²) in [5.41, 5.74) is 0.108. The van der Waals surface area contributed by atoms with E-state index >= 15 is 0 Å². The van der Waals surface area contributed by atoms with Crippen molar-refractivity contribution in [1.29, 1.82) is 0 Å². The second kappa shape index (κ2) is 7.25. The first-order valence-corrected chi connectivity index (χ1v) is 8.22. The average molecular weight is 301 g/mol. The van der Waals surface area contributed by atoms with Crippen molar-refractivity contribution in [3.63, 3.8) is 0 Å². The van der Waals surface area contributed by atoms with Crippen LogP contribution in [0.25, 0.3) is 0 Å². The van der Waals surface area contributed by atoms with Crippen LogP contribution < -0.4 is 10.1 Å². The van der Waals surface area contributed by atoms with Gasteiger partial charge in [0.2, 0.25) is 0 Å². The van der Waals surface area contributed by atoms with Gasteiger partial charge in [-0.15, -0.1) is 0 Å². The van der Waals surface area contributed by atoms with Crippen LogP contribution in [-0.4, -0.2) is 50.7 Å². The second-order valence-electron chi connectivity index (χ2n) is 4.60. The highest BCUT2D eigenvalue weighted by Gasteiger charge is 2.11. The predicted octanol–water partition coefficient (Wildman–Crippen LogP) is 0.786. The normalized spacial score (nSPS) is 12.9. The van der Waals surface area contributed by atoms with Crippen molar-refractivity contribution in [2.75, 3.05) is 25.2 Å². The van der Waals surface area contributed by atoms with Crippen LogP contribution in [0.3, 0.4) is 0 Å². The lowest BCUT2D eigenvalue weighted by atomic mass is 10.2. The van der Waals surface area contributed by atoms with E-state index in [0.717, 1.165) is 0 Å². The van der Waals surface area contributed by atoms with Gasteiger partial charge in [0.25, 0.3) is 0 Å². The molecule has 0 spiro atoms. The molecule has 1 aromatic carbocycles. The molecule has 0 saturated carbocycles. The van der Waals surface area contributed by atoms with Crippen LogP contribution in [0.2, 0.25) is 0 Å². The molecule has 20 heavy (non-hydrogen) atoms. The Morgan fingerprint density at radius 1 is 1.40 bits per heavy atom. The van der Waals surface area contributed by atoms with Crippen molar-refractivity contribution in [1.82, 2.24) is 5.32 Å². The molecule has 0 bridgehead atoms.